The van der Waals surface area contributed by atoms with Crippen molar-refractivity contribution in [2.24, 2.45) is 5.92 Å². The van der Waals surface area contributed by atoms with Gasteiger partial charge in [-0.15, -0.1) is 0 Å². The standard InChI is InChI=1S/C16H25BrN2O/c1-12(2)18-9-14-5-6-15(17)8-16(14)19-7-3-4-13(10-19)11-20/h5-6,8,12-13,18,20H,3-4,7,9-11H2,1-2H3. The molecular weight excluding hydrogens is 316 g/mol. The predicted octanol–water partition coefficient (Wildman–Crippen LogP) is 3.16. The molecule has 0 aromatic heterocycles. The van der Waals surface area contributed by atoms with Crippen LogP contribution in [-0.2, 0) is 6.54 Å². The second-order valence-electron chi connectivity index (χ2n) is 5.95. The number of halogens is 1. The van der Waals surface area contributed by atoms with Crippen LogP contribution in [0, 0.1) is 5.92 Å². The van der Waals surface area contributed by atoms with Gasteiger partial charge in [0.05, 0.1) is 0 Å². The van der Waals surface area contributed by atoms with Crippen LogP contribution in [0.2, 0.25) is 0 Å². The summed E-state index contributed by atoms with van der Waals surface area (Å²) in [5.74, 6) is 0.411. The lowest BCUT2D eigenvalue weighted by atomic mass is 9.97. The minimum absolute atomic E-state index is 0.296. The molecule has 1 unspecified atom stereocenters. The number of aliphatic hydroxyl groups excluding tert-OH is 1. The summed E-state index contributed by atoms with van der Waals surface area (Å²) in [7, 11) is 0. The number of benzene rings is 1. The summed E-state index contributed by atoms with van der Waals surface area (Å²) in [5, 5.41) is 12.9. The first-order valence-corrected chi connectivity index (χ1v) is 8.27. The highest BCUT2D eigenvalue weighted by Gasteiger charge is 2.21. The van der Waals surface area contributed by atoms with Gasteiger partial charge in [-0.1, -0.05) is 35.8 Å². The summed E-state index contributed by atoms with van der Waals surface area (Å²) in [5.41, 5.74) is 2.63. The Bertz CT molecular complexity index is 436. The maximum absolute atomic E-state index is 9.41. The molecule has 0 saturated carbocycles. The highest BCUT2D eigenvalue weighted by Crippen LogP contribution is 2.29. The fourth-order valence-corrected chi connectivity index (χ4v) is 3.08. The second-order valence-corrected chi connectivity index (χ2v) is 6.86. The second kappa shape index (κ2) is 7.43. The number of nitrogens with zero attached hydrogens (tertiary/aromatic N) is 1. The highest BCUT2D eigenvalue weighted by molar-refractivity contribution is 9.10. The average molecular weight is 341 g/mol. The lowest BCUT2D eigenvalue weighted by Crippen LogP contribution is -2.37. The number of anilines is 1. The van der Waals surface area contributed by atoms with Gasteiger partial charge in [-0.25, -0.2) is 0 Å². The highest BCUT2D eigenvalue weighted by atomic mass is 79.9. The van der Waals surface area contributed by atoms with Crippen molar-refractivity contribution in [3.8, 4) is 0 Å². The predicted molar refractivity (Wildman–Crippen MR) is 88.1 cm³/mol. The van der Waals surface area contributed by atoms with E-state index in [1.54, 1.807) is 0 Å². The molecule has 4 heteroatoms. The molecule has 1 atom stereocenters. The number of piperidine rings is 1. The molecule has 0 amide bonds. The average Bonchev–Trinajstić information content (AvgIpc) is 2.46. The van der Waals surface area contributed by atoms with Crippen LogP contribution in [0.25, 0.3) is 0 Å². The normalized spacial score (nSPS) is 19.6. The van der Waals surface area contributed by atoms with Gasteiger partial charge in [0.15, 0.2) is 0 Å². The Balaban J connectivity index is 2.17. The van der Waals surface area contributed by atoms with E-state index in [0.29, 0.717) is 18.6 Å². The van der Waals surface area contributed by atoms with Crippen LogP contribution in [-0.4, -0.2) is 30.8 Å². The fourth-order valence-electron chi connectivity index (χ4n) is 2.73. The Morgan fingerprint density at radius 3 is 2.95 bits per heavy atom. The molecule has 0 spiro atoms. The van der Waals surface area contributed by atoms with E-state index in [9.17, 15) is 5.11 Å². The van der Waals surface area contributed by atoms with Crippen LogP contribution in [0.15, 0.2) is 22.7 Å². The van der Waals surface area contributed by atoms with Crippen molar-refractivity contribution in [2.45, 2.75) is 39.3 Å². The molecular formula is C16H25BrN2O. The SMILES string of the molecule is CC(C)NCc1ccc(Br)cc1N1CCCC(CO)C1. The van der Waals surface area contributed by atoms with E-state index in [2.05, 4.69) is 58.2 Å². The Morgan fingerprint density at radius 2 is 2.25 bits per heavy atom. The van der Waals surface area contributed by atoms with Gasteiger partial charge in [-0.3, -0.25) is 0 Å². The van der Waals surface area contributed by atoms with Gasteiger partial charge in [-0.05, 0) is 36.5 Å². The van der Waals surface area contributed by atoms with E-state index in [-0.39, 0.29) is 0 Å². The first kappa shape index (κ1) is 15.8. The molecule has 1 fully saturated rings. The number of aliphatic hydroxyl groups is 1. The van der Waals surface area contributed by atoms with E-state index in [1.165, 1.54) is 11.3 Å². The van der Waals surface area contributed by atoms with Crippen LogP contribution in [0.3, 0.4) is 0 Å². The lowest BCUT2D eigenvalue weighted by molar-refractivity contribution is 0.208. The van der Waals surface area contributed by atoms with E-state index in [4.69, 9.17) is 0 Å². The zero-order valence-corrected chi connectivity index (χ0v) is 14.0. The van der Waals surface area contributed by atoms with Crippen molar-refractivity contribution in [1.82, 2.24) is 5.32 Å². The number of nitrogens with one attached hydrogen (secondary N) is 1. The summed E-state index contributed by atoms with van der Waals surface area (Å²) in [4.78, 5) is 2.42. The van der Waals surface area contributed by atoms with E-state index in [0.717, 1.165) is 36.9 Å². The monoisotopic (exact) mass is 340 g/mol. The maximum Gasteiger partial charge on any atom is 0.0476 e. The Morgan fingerprint density at radius 1 is 1.45 bits per heavy atom. The van der Waals surface area contributed by atoms with Gasteiger partial charge in [0.1, 0.15) is 0 Å². The molecule has 112 valence electrons. The minimum atomic E-state index is 0.296. The van der Waals surface area contributed by atoms with Gasteiger partial charge in [-0.2, -0.15) is 0 Å². The minimum Gasteiger partial charge on any atom is -0.396 e. The van der Waals surface area contributed by atoms with Crippen molar-refractivity contribution in [3.63, 3.8) is 0 Å². The maximum atomic E-state index is 9.41. The van der Waals surface area contributed by atoms with Crippen molar-refractivity contribution in [1.29, 1.82) is 0 Å². The molecule has 0 bridgehead atoms. The molecule has 1 aromatic carbocycles. The van der Waals surface area contributed by atoms with Crippen molar-refractivity contribution >= 4 is 21.6 Å². The largest absolute Gasteiger partial charge is 0.396 e. The number of hydrogen-bond acceptors (Lipinski definition) is 3. The molecule has 1 saturated heterocycles. The van der Waals surface area contributed by atoms with Gasteiger partial charge < -0.3 is 15.3 Å². The Hall–Kier alpha value is -0.580. The molecule has 20 heavy (non-hydrogen) atoms. The topological polar surface area (TPSA) is 35.5 Å². The van der Waals surface area contributed by atoms with E-state index >= 15 is 0 Å². The van der Waals surface area contributed by atoms with Crippen LogP contribution in [0.1, 0.15) is 32.3 Å². The lowest BCUT2D eigenvalue weighted by Gasteiger charge is -2.35. The summed E-state index contributed by atoms with van der Waals surface area (Å²) in [6, 6.07) is 6.99. The molecule has 1 aliphatic rings. The first-order valence-electron chi connectivity index (χ1n) is 7.47. The zero-order valence-electron chi connectivity index (χ0n) is 12.4. The van der Waals surface area contributed by atoms with Crippen molar-refractivity contribution < 1.29 is 5.11 Å². The van der Waals surface area contributed by atoms with Gasteiger partial charge in [0, 0.05) is 42.4 Å². The van der Waals surface area contributed by atoms with Crippen molar-refractivity contribution in [3.05, 3.63) is 28.2 Å². The summed E-state index contributed by atoms with van der Waals surface area (Å²) in [6.45, 7) is 7.57. The quantitative estimate of drug-likeness (QED) is 0.864. The fraction of sp³-hybridized carbons (Fsp3) is 0.625. The van der Waals surface area contributed by atoms with Gasteiger partial charge in [0.2, 0.25) is 0 Å². The number of hydrogen-bond donors (Lipinski definition) is 2. The third-order valence-electron chi connectivity index (χ3n) is 3.87. The van der Waals surface area contributed by atoms with Gasteiger partial charge >= 0.3 is 0 Å². The Kier molecular flexibility index (Phi) is 5.87. The Labute approximate surface area is 130 Å². The zero-order chi connectivity index (χ0) is 14.5. The smallest absolute Gasteiger partial charge is 0.0476 e. The summed E-state index contributed by atoms with van der Waals surface area (Å²) in [6.07, 6.45) is 2.30. The molecule has 0 radical (unpaired) electrons. The van der Waals surface area contributed by atoms with Crippen LogP contribution in [0.5, 0.6) is 0 Å². The molecule has 1 aromatic rings. The third kappa shape index (κ3) is 4.21. The third-order valence-corrected chi connectivity index (χ3v) is 4.36. The van der Waals surface area contributed by atoms with Crippen LogP contribution < -0.4 is 10.2 Å². The van der Waals surface area contributed by atoms with Gasteiger partial charge in [0.25, 0.3) is 0 Å². The molecule has 1 heterocycles. The molecule has 2 N–H and O–H groups in total. The molecule has 0 aliphatic carbocycles. The summed E-state index contributed by atoms with van der Waals surface area (Å²) >= 11 is 3.58. The van der Waals surface area contributed by atoms with Crippen LogP contribution in [0.4, 0.5) is 5.69 Å². The molecule has 3 nitrogen and oxygen atoms in total. The van der Waals surface area contributed by atoms with E-state index in [1.807, 2.05) is 0 Å². The van der Waals surface area contributed by atoms with Crippen molar-refractivity contribution in [2.75, 3.05) is 24.6 Å². The van der Waals surface area contributed by atoms with Crippen LogP contribution >= 0.6 is 15.9 Å². The first-order chi connectivity index (χ1) is 9.60. The summed E-state index contributed by atoms with van der Waals surface area (Å²) < 4.78 is 1.12. The number of rotatable bonds is 5. The molecule has 2 rings (SSSR count). The molecule has 1 aliphatic heterocycles. The van der Waals surface area contributed by atoms with E-state index < -0.39 is 0 Å².